The minimum atomic E-state index is 0.136. The highest BCUT2D eigenvalue weighted by molar-refractivity contribution is 5.77. The molecule has 3 rings (SSSR count). The second-order valence-corrected chi connectivity index (χ2v) is 7.60. The summed E-state index contributed by atoms with van der Waals surface area (Å²) in [6.45, 7) is 10.4. The SMILES string of the molecule is CCC(=O)N1C2CCC1CN(c1ccc(C(C)(C)C)cn1)C2. The average Bonchev–Trinajstić information content (AvgIpc) is 2.75. The van der Waals surface area contributed by atoms with E-state index in [1.807, 2.05) is 13.1 Å². The minimum Gasteiger partial charge on any atom is -0.352 e. The predicted octanol–water partition coefficient (Wildman–Crippen LogP) is 2.97. The van der Waals surface area contributed by atoms with Crippen LogP contribution in [-0.4, -0.2) is 41.0 Å². The summed E-state index contributed by atoms with van der Waals surface area (Å²) in [6.07, 6.45) is 4.88. The number of rotatable bonds is 2. The van der Waals surface area contributed by atoms with Gasteiger partial charge in [0.25, 0.3) is 0 Å². The van der Waals surface area contributed by atoms with Gasteiger partial charge < -0.3 is 9.80 Å². The lowest BCUT2D eigenvalue weighted by Crippen LogP contribution is -2.56. The molecule has 1 aromatic heterocycles. The van der Waals surface area contributed by atoms with Gasteiger partial charge in [-0.2, -0.15) is 0 Å². The van der Waals surface area contributed by atoms with E-state index < -0.39 is 0 Å². The number of nitrogens with zero attached hydrogens (tertiary/aromatic N) is 3. The van der Waals surface area contributed by atoms with E-state index in [1.54, 1.807) is 0 Å². The Labute approximate surface area is 133 Å². The number of pyridine rings is 1. The van der Waals surface area contributed by atoms with Gasteiger partial charge in [-0.05, 0) is 29.9 Å². The van der Waals surface area contributed by atoms with E-state index in [4.69, 9.17) is 0 Å². The summed E-state index contributed by atoms with van der Waals surface area (Å²) in [4.78, 5) is 21.3. The van der Waals surface area contributed by atoms with E-state index in [0.29, 0.717) is 24.4 Å². The molecule has 2 saturated heterocycles. The summed E-state index contributed by atoms with van der Waals surface area (Å²) >= 11 is 0. The lowest BCUT2D eigenvalue weighted by atomic mass is 9.88. The summed E-state index contributed by atoms with van der Waals surface area (Å²) in [5, 5.41) is 0. The van der Waals surface area contributed by atoms with E-state index in [2.05, 4.69) is 47.7 Å². The van der Waals surface area contributed by atoms with Crippen molar-refractivity contribution >= 4 is 11.7 Å². The van der Waals surface area contributed by atoms with Crippen LogP contribution < -0.4 is 4.90 Å². The fourth-order valence-corrected chi connectivity index (χ4v) is 3.70. The van der Waals surface area contributed by atoms with Crippen molar-refractivity contribution in [3.63, 3.8) is 0 Å². The quantitative estimate of drug-likeness (QED) is 0.842. The van der Waals surface area contributed by atoms with Crippen LogP contribution in [-0.2, 0) is 10.2 Å². The largest absolute Gasteiger partial charge is 0.352 e. The summed E-state index contributed by atoms with van der Waals surface area (Å²) in [5.74, 6) is 1.36. The van der Waals surface area contributed by atoms with Crippen LogP contribution in [0.1, 0.15) is 52.5 Å². The van der Waals surface area contributed by atoms with Crippen molar-refractivity contribution in [1.82, 2.24) is 9.88 Å². The van der Waals surface area contributed by atoms with Crippen molar-refractivity contribution in [1.29, 1.82) is 0 Å². The van der Waals surface area contributed by atoms with Crippen molar-refractivity contribution in [3.8, 4) is 0 Å². The molecule has 1 amide bonds. The second kappa shape index (κ2) is 5.56. The number of aromatic nitrogens is 1. The summed E-state index contributed by atoms with van der Waals surface area (Å²) in [5.41, 5.74) is 1.40. The van der Waals surface area contributed by atoms with Crippen LogP contribution in [0, 0.1) is 0 Å². The van der Waals surface area contributed by atoms with Gasteiger partial charge in [0.1, 0.15) is 5.82 Å². The fraction of sp³-hybridized carbons (Fsp3) is 0.667. The van der Waals surface area contributed by atoms with Gasteiger partial charge in [0, 0.05) is 37.8 Å². The number of piperazine rings is 1. The Morgan fingerprint density at radius 2 is 1.86 bits per heavy atom. The molecule has 1 aromatic rings. The molecule has 2 aliphatic rings. The number of anilines is 1. The maximum Gasteiger partial charge on any atom is 0.222 e. The number of carbonyl (C=O) groups excluding carboxylic acids is 1. The molecular weight excluding hydrogens is 274 g/mol. The molecule has 0 radical (unpaired) electrons. The van der Waals surface area contributed by atoms with Crippen molar-refractivity contribution in [2.24, 2.45) is 0 Å². The zero-order valence-corrected chi connectivity index (χ0v) is 14.2. The number of fused-ring (bicyclic) bond motifs is 2. The molecule has 0 spiro atoms. The molecule has 4 nitrogen and oxygen atoms in total. The second-order valence-electron chi connectivity index (χ2n) is 7.60. The zero-order valence-electron chi connectivity index (χ0n) is 14.2. The molecule has 0 aromatic carbocycles. The first-order chi connectivity index (χ1) is 10.4. The highest BCUT2D eigenvalue weighted by Crippen LogP contribution is 2.33. The molecule has 2 aliphatic heterocycles. The van der Waals surface area contributed by atoms with Crippen molar-refractivity contribution in [3.05, 3.63) is 23.9 Å². The van der Waals surface area contributed by atoms with E-state index in [1.165, 1.54) is 5.56 Å². The van der Waals surface area contributed by atoms with Gasteiger partial charge in [0.2, 0.25) is 5.91 Å². The molecule has 4 heteroatoms. The lowest BCUT2D eigenvalue weighted by Gasteiger charge is -2.41. The van der Waals surface area contributed by atoms with Gasteiger partial charge in [-0.15, -0.1) is 0 Å². The number of carbonyl (C=O) groups is 1. The monoisotopic (exact) mass is 301 g/mol. The fourth-order valence-electron chi connectivity index (χ4n) is 3.70. The third-order valence-corrected chi connectivity index (χ3v) is 5.01. The molecule has 0 saturated carbocycles. The molecule has 3 heterocycles. The van der Waals surface area contributed by atoms with Crippen LogP contribution in [0.25, 0.3) is 0 Å². The van der Waals surface area contributed by atoms with E-state index in [-0.39, 0.29) is 5.41 Å². The van der Waals surface area contributed by atoms with Gasteiger partial charge in [-0.3, -0.25) is 4.79 Å². The van der Waals surface area contributed by atoms with Crippen LogP contribution in [0.3, 0.4) is 0 Å². The predicted molar refractivity (Wildman–Crippen MR) is 89.1 cm³/mol. The molecule has 120 valence electrons. The van der Waals surface area contributed by atoms with Crippen LogP contribution in [0.5, 0.6) is 0 Å². The standard InChI is InChI=1S/C18H27N3O/c1-5-17(22)21-14-7-8-15(21)12-20(11-14)16-9-6-13(10-19-16)18(2,3)4/h6,9-10,14-15H,5,7-8,11-12H2,1-4H3. The van der Waals surface area contributed by atoms with Gasteiger partial charge in [0.15, 0.2) is 0 Å². The Morgan fingerprint density at radius 1 is 1.23 bits per heavy atom. The van der Waals surface area contributed by atoms with E-state index >= 15 is 0 Å². The normalized spacial score (nSPS) is 24.7. The molecule has 2 fully saturated rings. The minimum absolute atomic E-state index is 0.136. The Hall–Kier alpha value is -1.58. The zero-order chi connectivity index (χ0) is 15.9. The van der Waals surface area contributed by atoms with Gasteiger partial charge in [-0.25, -0.2) is 4.98 Å². The number of hydrogen-bond donors (Lipinski definition) is 0. The van der Waals surface area contributed by atoms with E-state index in [0.717, 1.165) is 31.7 Å². The molecule has 0 aliphatic carbocycles. The Morgan fingerprint density at radius 3 is 2.32 bits per heavy atom. The van der Waals surface area contributed by atoms with Crippen LogP contribution in [0.15, 0.2) is 18.3 Å². The molecule has 2 atom stereocenters. The maximum absolute atomic E-state index is 12.1. The molecule has 2 unspecified atom stereocenters. The molecule has 2 bridgehead atoms. The third-order valence-electron chi connectivity index (χ3n) is 5.01. The highest BCUT2D eigenvalue weighted by Gasteiger charge is 2.42. The first kappa shape index (κ1) is 15.3. The first-order valence-corrected chi connectivity index (χ1v) is 8.43. The average molecular weight is 301 g/mol. The molecule has 0 N–H and O–H groups in total. The summed E-state index contributed by atoms with van der Waals surface area (Å²) in [6, 6.07) is 5.07. The third kappa shape index (κ3) is 2.71. The van der Waals surface area contributed by atoms with Crippen LogP contribution >= 0.6 is 0 Å². The summed E-state index contributed by atoms with van der Waals surface area (Å²) < 4.78 is 0. The van der Waals surface area contributed by atoms with Gasteiger partial charge >= 0.3 is 0 Å². The topological polar surface area (TPSA) is 36.4 Å². The van der Waals surface area contributed by atoms with E-state index in [9.17, 15) is 4.79 Å². The Balaban J connectivity index is 1.75. The van der Waals surface area contributed by atoms with Crippen molar-refractivity contribution in [2.45, 2.75) is 64.5 Å². The van der Waals surface area contributed by atoms with Crippen molar-refractivity contribution < 1.29 is 4.79 Å². The van der Waals surface area contributed by atoms with Gasteiger partial charge in [0.05, 0.1) is 0 Å². The van der Waals surface area contributed by atoms with Crippen LogP contribution in [0.2, 0.25) is 0 Å². The number of hydrogen-bond acceptors (Lipinski definition) is 3. The number of amides is 1. The van der Waals surface area contributed by atoms with Crippen molar-refractivity contribution in [2.75, 3.05) is 18.0 Å². The highest BCUT2D eigenvalue weighted by atomic mass is 16.2. The molecular formula is C18H27N3O. The Bertz CT molecular complexity index is 532. The molecule has 22 heavy (non-hydrogen) atoms. The lowest BCUT2D eigenvalue weighted by molar-refractivity contribution is -0.134. The summed E-state index contributed by atoms with van der Waals surface area (Å²) in [7, 11) is 0. The Kier molecular flexibility index (Phi) is 3.87. The smallest absolute Gasteiger partial charge is 0.222 e. The van der Waals surface area contributed by atoms with Crippen LogP contribution in [0.4, 0.5) is 5.82 Å². The maximum atomic E-state index is 12.1. The first-order valence-electron chi connectivity index (χ1n) is 8.43. The van der Waals surface area contributed by atoms with Gasteiger partial charge in [-0.1, -0.05) is 33.8 Å².